The fraction of sp³-hybridized carbons (Fsp3) is 0.524. The van der Waals surface area contributed by atoms with Crippen LogP contribution in [0.3, 0.4) is 0 Å². The minimum Gasteiger partial charge on any atom is -0.497 e. The van der Waals surface area contributed by atoms with Crippen LogP contribution >= 0.6 is 0 Å². The van der Waals surface area contributed by atoms with Gasteiger partial charge in [-0.3, -0.25) is 9.69 Å². The minimum atomic E-state index is -3.41. The molecule has 8 nitrogen and oxygen atoms in total. The van der Waals surface area contributed by atoms with Crippen molar-refractivity contribution in [2.24, 2.45) is 5.92 Å². The summed E-state index contributed by atoms with van der Waals surface area (Å²) in [4.78, 5) is 20.7. The minimum absolute atomic E-state index is 0.0651. The lowest BCUT2D eigenvalue weighted by atomic mass is 10.2. The van der Waals surface area contributed by atoms with Crippen molar-refractivity contribution >= 4 is 15.7 Å². The molecule has 0 radical (unpaired) electrons. The first-order valence-electron chi connectivity index (χ1n) is 10.0. The molecule has 1 aromatic carbocycles. The highest BCUT2D eigenvalue weighted by molar-refractivity contribution is 7.90. The number of hydrogen-bond donors (Lipinski definition) is 0. The topological polar surface area (TPSA) is 84.7 Å². The van der Waals surface area contributed by atoms with Gasteiger partial charge in [-0.25, -0.2) is 13.4 Å². The number of aromatic nitrogens is 2. The molecule has 1 aromatic heterocycles. The quantitative estimate of drug-likeness (QED) is 0.630. The summed E-state index contributed by atoms with van der Waals surface area (Å²) in [5.41, 5.74) is 1.88. The van der Waals surface area contributed by atoms with Gasteiger partial charge in [0.1, 0.15) is 5.75 Å². The molecular weight excluding hydrogens is 404 g/mol. The van der Waals surface area contributed by atoms with E-state index in [9.17, 15) is 13.2 Å². The number of imidazole rings is 1. The molecular formula is C21H30N4O4S. The second kappa shape index (κ2) is 9.18. The summed E-state index contributed by atoms with van der Waals surface area (Å²) in [5.74, 6) is 1.14. The summed E-state index contributed by atoms with van der Waals surface area (Å²) in [6.45, 7) is 7.37. The Morgan fingerprint density at radius 1 is 1.13 bits per heavy atom. The van der Waals surface area contributed by atoms with Gasteiger partial charge in [-0.1, -0.05) is 26.0 Å². The smallest absolute Gasteiger partial charge is 0.237 e. The van der Waals surface area contributed by atoms with Gasteiger partial charge in [-0.15, -0.1) is 0 Å². The largest absolute Gasteiger partial charge is 0.497 e. The zero-order valence-electron chi connectivity index (χ0n) is 18.0. The van der Waals surface area contributed by atoms with Gasteiger partial charge in [0, 0.05) is 39.0 Å². The highest BCUT2D eigenvalue weighted by Gasteiger charge is 2.26. The Labute approximate surface area is 178 Å². The molecule has 1 aliphatic rings. The maximum absolute atomic E-state index is 12.7. The summed E-state index contributed by atoms with van der Waals surface area (Å²) in [6, 6.07) is 7.72. The molecule has 1 amide bonds. The molecule has 164 valence electrons. The Hall–Kier alpha value is -2.39. The molecule has 2 heterocycles. The monoisotopic (exact) mass is 434 g/mol. The third-order valence-corrected chi connectivity index (χ3v) is 6.09. The van der Waals surface area contributed by atoms with Crippen LogP contribution in [0.15, 0.2) is 35.6 Å². The predicted octanol–water partition coefficient (Wildman–Crippen LogP) is 1.80. The first kappa shape index (κ1) is 22.3. The number of methoxy groups -OCH3 is 1. The zero-order chi connectivity index (χ0) is 21.9. The molecule has 0 aliphatic carbocycles. The van der Waals surface area contributed by atoms with Gasteiger partial charge in [0.25, 0.3) is 0 Å². The molecule has 1 saturated heterocycles. The summed E-state index contributed by atoms with van der Waals surface area (Å²) < 4.78 is 31.1. The molecule has 0 atom stereocenters. The van der Waals surface area contributed by atoms with Crippen LogP contribution in [0.25, 0.3) is 0 Å². The van der Waals surface area contributed by atoms with Crippen molar-refractivity contribution in [3.05, 3.63) is 41.7 Å². The first-order valence-corrected chi connectivity index (χ1v) is 11.9. The lowest BCUT2D eigenvalue weighted by Gasteiger charge is -2.34. The molecule has 30 heavy (non-hydrogen) atoms. The number of nitrogens with zero attached hydrogens (tertiary/aromatic N) is 4. The second-order valence-corrected chi connectivity index (χ2v) is 10.1. The van der Waals surface area contributed by atoms with Crippen molar-refractivity contribution in [3.8, 4) is 5.75 Å². The van der Waals surface area contributed by atoms with Crippen molar-refractivity contribution in [2.75, 3.05) is 33.0 Å². The Morgan fingerprint density at radius 3 is 2.40 bits per heavy atom. The van der Waals surface area contributed by atoms with Crippen LogP contribution in [0.4, 0.5) is 0 Å². The number of hydrogen-bond acceptors (Lipinski definition) is 6. The Balaban J connectivity index is 1.66. The van der Waals surface area contributed by atoms with E-state index in [1.807, 2.05) is 47.9 Å². The van der Waals surface area contributed by atoms with Crippen LogP contribution in [0.2, 0.25) is 0 Å². The average Bonchev–Trinajstić information content (AvgIpc) is 3.06. The number of piperazine rings is 1. The molecule has 1 aliphatic heterocycles. The van der Waals surface area contributed by atoms with Gasteiger partial charge in [0.2, 0.25) is 20.9 Å². The maximum Gasteiger partial charge on any atom is 0.237 e. The van der Waals surface area contributed by atoms with Gasteiger partial charge < -0.3 is 14.2 Å². The third kappa shape index (κ3) is 5.40. The summed E-state index contributed by atoms with van der Waals surface area (Å²) in [7, 11) is -1.78. The van der Waals surface area contributed by atoms with E-state index in [4.69, 9.17) is 4.74 Å². The predicted molar refractivity (Wildman–Crippen MR) is 114 cm³/mol. The Morgan fingerprint density at radius 2 is 1.83 bits per heavy atom. The zero-order valence-corrected chi connectivity index (χ0v) is 18.9. The Bertz CT molecular complexity index is 983. The SMILES string of the molecule is COc1ccc(CN2CCN(Cc3cnc(S(C)(=O)=O)n3CC(C)C)CC2=O)cc1. The lowest BCUT2D eigenvalue weighted by molar-refractivity contribution is -0.136. The van der Waals surface area contributed by atoms with Gasteiger partial charge in [-0.05, 0) is 23.6 Å². The van der Waals surface area contributed by atoms with Crippen molar-refractivity contribution < 1.29 is 17.9 Å². The summed E-state index contributed by atoms with van der Waals surface area (Å²) in [5, 5.41) is 0.0932. The molecule has 0 N–H and O–H groups in total. The van der Waals surface area contributed by atoms with E-state index >= 15 is 0 Å². The van der Waals surface area contributed by atoms with E-state index < -0.39 is 9.84 Å². The number of amides is 1. The average molecular weight is 435 g/mol. The maximum atomic E-state index is 12.7. The van der Waals surface area contributed by atoms with Crippen molar-refractivity contribution in [3.63, 3.8) is 0 Å². The van der Waals surface area contributed by atoms with Crippen LogP contribution < -0.4 is 4.74 Å². The number of sulfone groups is 1. The van der Waals surface area contributed by atoms with E-state index in [1.165, 1.54) is 6.26 Å². The normalized spacial score (nSPS) is 15.8. The number of carbonyl (C=O) groups excluding carboxylic acids is 1. The van der Waals surface area contributed by atoms with Gasteiger partial charge >= 0.3 is 0 Å². The van der Waals surface area contributed by atoms with Crippen LogP contribution in [-0.4, -0.2) is 66.7 Å². The van der Waals surface area contributed by atoms with Crippen LogP contribution in [-0.2, 0) is 34.3 Å². The molecule has 2 aromatic rings. The highest BCUT2D eigenvalue weighted by atomic mass is 32.2. The number of benzene rings is 1. The van der Waals surface area contributed by atoms with Crippen LogP contribution in [0, 0.1) is 5.92 Å². The molecule has 0 bridgehead atoms. The number of rotatable bonds is 8. The van der Waals surface area contributed by atoms with Crippen LogP contribution in [0.5, 0.6) is 5.75 Å². The fourth-order valence-corrected chi connectivity index (χ4v) is 4.45. The van der Waals surface area contributed by atoms with Gasteiger partial charge in [0.05, 0.1) is 25.5 Å². The number of carbonyl (C=O) groups is 1. The number of ether oxygens (including phenoxy) is 1. The molecule has 0 saturated carbocycles. The molecule has 9 heteroatoms. The van der Waals surface area contributed by atoms with E-state index in [0.29, 0.717) is 32.7 Å². The van der Waals surface area contributed by atoms with Crippen LogP contribution in [0.1, 0.15) is 25.1 Å². The van der Waals surface area contributed by atoms with Crippen molar-refractivity contribution in [1.29, 1.82) is 0 Å². The van der Waals surface area contributed by atoms with E-state index in [2.05, 4.69) is 4.98 Å². The standard InChI is InChI=1S/C21H30N4O4S/c1-16(2)12-25-18(11-22-21(25)30(4,27)28)14-23-9-10-24(20(26)15-23)13-17-5-7-19(29-3)8-6-17/h5-8,11,16H,9-10,12-15H2,1-4H3. The van der Waals surface area contributed by atoms with Crippen molar-refractivity contribution in [1.82, 2.24) is 19.4 Å². The van der Waals surface area contributed by atoms with E-state index in [0.717, 1.165) is 23.6 Å². The summed E-state index contributed by atoms with van der Waals surface area (Å²) in [6.07, 6.45) is 2.80. The fourth-order valence-electron chi connectivity index (χ4n) is 3.61. The van der Waals surface area contributed by atoms with E-state index in [-0.39, 0.29) is 17.0 Å². The molecule has 0 unspecified atom stereocenters. The molecule has 1 fully saturated rings. The highest BCUT2D eigenvalue weighted by Crippen LogP contribution is 2.18. The third-order valence-electron chi connectivity index (χ3n) is 5.10. The van der Waals surface area contributed by atoms with Gasteiger partial charge in [0.15, 0.2) is 0 Å². The van der Waals surface area contributed by atoms with E-state index in [1.54, 1.807) is 17.9 Å². The molecule has 0 spiro atoms. The van der Waals surface area contributed by atoms with Gasteiger partial charge in [-0.2, -0.15) is 0 Å². The van der Waals surface area contributed by atoms with Crippen molar-refractivity contribution in [2.45, 2.75) is 38.6 Å². The Kier molecular flexibility index (Phi) is 6.82. The second-order valence-electron chi connectivity index (χ2n) is 8.18. The lowest BCUT2D eigenvalue weighted by Crippen LogP contribution is -2.49. The summed E-state index contributed by atoms with van der Waals surface area (Å²) >= 11 is 0. The first-order chi connectivity index (χ1) is 14.2. The molecule has 3 rings (SSSR count).